The van der Waals surface area contributed by atoms with Crippen molar-refractivity contribution in [3.63, 3.8) is 0 Å². The first-order valence-electron chi connectivity index (χ1n) is 5.84. The van der Waals surface area contributed by atoms with E-state index in [1.807, 2.05) is 0 Å². The van der Waals surface area contributed by atoms with Gasteiger partial charge in [0.2, 0.25) is 0 Å². The van der Waals surface area contributed by atoms with Crippen LogP contribution in [0.1, 0.15) is 52.9 Å². The lowest BCUT2D eigenvalue weighted by atomic mass is 10.1. The molecule has 0 aliphatic carbocycles. The van der Waals surface area contributed by atoms with Crippen molar-refractivity contribution in [2.75, 3.05) is 0 Å². The molecule has 0 fully saturated rings. The van der Waals surface area contributed by atoms with Gasteiger partial charge in [-0.05, 0) is 29.5 Å². The van der Waals surface area contributed by atoms with E-state index in [4.69, 9.17) is 29.4 Å². The third kappa shape index (κ3) is 111. The number of unbranched alkanes of at least 4 members (excludes halogenated alkanes) is 3. The minimum absolute atomic E-state index is 0.904. The zero-order valence-corrected chi connectivity index (χ0v) is 14.9. The number of hydrogen-bond donors (Lipinski definition) is 6. The summed E-state index contributed by atoms with van der Waals surface area (Å²) in [4.78, 5) is 45.3. The van der Waals surface area contributed by atoms with E-state index in [-0.39, 0.29) is 0 Å². The molecule has 0 aromatic heterocycles. The van der Waals surface area contributed by atoms with Gasteiger partial charge in [-0.25, -0.2) is 0 Å². The molecule has 0 aliphatic rings. The van der Waals surface area contributed by atoms with E-state index in [1.54, 1.807) is 0 Å². The summed E-state index contributed by atoms with van der Waals surface area (Å²) in [5.41, 5.74) is 0. The molecule has 0 radical (unpaired) electrons. The first-order chi connectivity index (χ1) is 8.27. The summed E-state index contributed by atoms with van der Waals surface area (Å²) in [7, 11) is 0. The highest BCUT2D eigenvalue weighted by Crippen LogP contribution is 2.26. The Morgan fingerprint density at radius 2 is 1.11 bits per heavy atom. The Morgan fingerprint density at radius 3 is 1.32 bits per heavy atom. The fourth-order valence-corrected chi connectivity index (χ4v) is 0.979. The molecule has 0 amide bonds. The van der Waals surface area contributed by atoms with Crippen LogP contribution in [0.15, 0.2) is 0 Å². The highest BCUT2D eigenvalue weighted by molar-refractivity contribution is 8.06. The summed E-state index contributed by atoms with van der Waals surface area (Å²) in [6.07, 6.45) is 7.07. The molecular formula is C9H26O6P2S2. The summed E-state index contributed by atoms with van der Waals surface area (Å²) in [5, 5.41) is 0. The molecule has 0 spiro atoms. The van der Waals surface area contributed by atoms with E-state index in [0.29, 0.717) is 0 Å². The third-order valence-electron chi connectivity index (χ3n) is 1.64. The van der Waals surface area contributed by atoms with Crippen molar-refractivity contribution < 1.29 is 29.4 Å². The Hall–Kier alpha value is 1.06. The van der Waals surface area contributed by atoms with Crippen molar-refractivity contribution in [2.24, 2.45) is 5.92 Å². The fourth-order valence-electron chi connectivity index (χ4n) is 0.979. The zero-order chi connectivity index (χ0) is 16.1. The zero-order valence-electron chi connectivity index (χ0n) is 11.5. The molecule has 0 aromatic carbocycles. The molecule has 0 unspecified atom stereocenters. The van der Waals surface area contributed by atoms with Crippen LogP contribution in [0.5, 0.6) is 0 Å². The van der Waals surface area contributed by atoms with Crippen LogP contribution in [0, 0.1) is 5.92 Å². The molecule has 0 aliphatic heterocycles. The van der Waals surface area contributed by atoms with Crippen LogP contribution >= 0.6 is 13.4 Å². The van der Waals surface area contributed by atoms with E-state index >= 15 is 0 Å². The van der Waals surface area contributed by atoms with Crippen molar-refractivity contribution in [3.8, 4) is 0 Å². The van der Waals surface area contributed by atoms with E-state index in [2.05, 4.69) is 44.4 Å². The van der Waals surface area contributed by atoms with Gasteiger partial charge in [0, 0.05) is 0 Å². The molecule has 19 heavy (non-hydrogen) atoms. The van der Waals surface area contributed by atoms with Crippen molar-refractivity contribution in [3.05, 3.63) is 0 Å². The quantitative estimate of drug-likeness (QED) is 0.327. The monoisotopic (exact) mass is 356 g/mol. The maximum atomic E-state index is 7.56. The van der Waals surface area contributed by atoms with Crippen LogP contribution in [-0.4, -0.2) is 29.4 Å². The van der Waals surface area contributed by atoms with E-state index in [0.717, 1.165) is 5.92 Å². The molecule has 6 N–H and O–H groups in total. The van der Waals surface area contributed by atoms with Crippen molar-refractivity contribution in [1.82, 2.24) is 0 Å². The standard InChI is InChI=1S/C9H20.2H3O3PS/c1-4-5-6-7-8-9(2)3;2*1-4(2,3)5/h9H,4-8H2,1-3H3;2*(H3,1,2,3,5). The summed E-state index contributed by atoms with van der Waals surface area (Å²) < 4.78 is 0. The predicted molar refractivity (Wildman–Crippen MR) is 85.5 cm³/mol. The Kier molecular flexibility index (Phi) is 18.5. The molecule has 0 heterocycles. The van der Waals surface area contributed by atoms with Gasteiger partial charge in [0.15, 0.2) is 0 Å². The first kappa shape index (κ1) is 25.0. The lowest BCUT2D eigenvalue weighted by Crippen LogP contribution is -1.86. The summed E-state index contributed by atoms with van der Waals surface area (Å²) in [6, 6.07) is 0. The lowest BCUT2D eigenvalue weighted by Gasteiger charge is -2.01. The number of rotatable bonds is 5. The average Bonchev–Trinajstić information content (AvgIpc) is 2.06. The Bertz CT molecular complexity index is 239. The van der Waals surface area contributed by atoms with Gasteiger partial charge >= 0.3 is 13.4 Å². The SMILES string of the molecule is CCCCCCC(C)C.OP(O)(O)=S.OP(O)(O)=S. The first-order valence-corrected chi connectivity index (χ1v) is 11.2. The Labute approximate surface area is 125 Å². The lowest BCUT2D eigenvalue weighted by molar-refractivity contribution is 0.361. The van der Waals surface area contributed by atoms with E-state index in [9.17, 15) is 0 Å². The molecule has 0 atom stereocenters. The average molecular weight is 356 g/mol. The molecule has 10 heteroatoms. The van der Waals surface area contributed by atoms with Crippen LogP contribution in [0.2, 0.25) is 0 Å². The van der Waals surface area contributed by atoms with Gasteiger partial charge in [0.25, 0.3) is 0 Å². The van der Waals surface area contributed by atoms with Gasteiger partial charge in [0.1, 0.15) is 0 Å². The second-order valence-corrected chi connectivity index (χ2v) is 9.26. The van der Waals surface area contributed by atoms with Gasteiger partial charge in [-0.15, -0.1) is 0 Å². The molecule has 0 aromatic rings. The second kappa shape index (κ2) is 14.0. The normalized spacial score (nSPS) is 11.3. The highest BCUT2D eigenvalue weighted by atomic mass is 32.5. The molecule has 0 saturated heterocycles. The third-order valence-corrected chi connectivity index (χ3v) is 1.64. The molecule has 0 bridgehead atoms. The topological polar surface area (TPSA) is 121 Å². The second-order valence-electron chi connectivity index (χ2n) is 4.27. The van der Waals surface area contributed by atoms with Gasteiger partial charge in [-0.1, -0.05) is 52.9 Å². The van der Waals surface area contributed by atoms with Crippen molar-refractivity contribution in [2.45, 2.75) is 52.9 Å². The van der Waals surface area contributed by atoms with Gasteiger partial charge in [0.05, 0.1) is 0 Å². The van der Waals surface area contributed by atoms with Crippen LogP contribution in [0.3, 0.4) is 0 Å². The van der Waals surface area contributed by atoms with Gasteiger partial charge in [-0.3, -0.25) is 0 Å². The smallest absolute Gasteiger partial charge is 0.319 e. The Morgan fingerprint density at radius 1 is 0.789 bits per heavy atom. The molecule has 0 saturated carbocycles. The number of hydrogen-bond acceptors (Lipinski definition) is 2. The van der Waals surface area contributed by atoms with Crippen molar-refractivity contribution >= 4 is 37.1 Å². The van der Waals surface area contributed by atoms with E-state index < -0.39 is 13.4 Å². The minimum atomic E-state index is -3.81. The summed E-state index contributed by atoms with van der Waals surface area (Å²) in [6.45, 7) is -0.757. The van der Waals surface area contributed by atoms with Crippen LogP contribution in [0.4, 0.5) is 0 Å². The van der Waals surface area contributed by atoms with Crippen LogP contribution in [-0.2, 0) is 23.6 Å². The summed E-state index contributed by atoms with van der Waals surface area (Å²) >= 11 is 7.21. The van der Waals surface area contributed by atoms with Crippen LogP contribution in [0.25, 0.3) is 0 Å². The fraction of sp³-hybridized carbons (Fsp3) is 1.00. The predicted octanol–water partition coefficient (Wildman–Crippen LogP) is 1.99. The largest absolute Gasteiger partial charge is 0.325 e. The van der Waals surface area contributed by atoms with Crippen molar-refractivity contribution in [1.29, 1.82) is 0 Å². The molecular weight excluding hydrogens is 330 g/mol. The maximum Gasteiger partial charge on any atom is 0.319 e. The molecule has 6 nitrogen and oxygen atoms in total. The Balaban J connectivity index is -0.000000219. The summed E-state index contributed by atoms with van der Waals surface area (Å²) in [5.74, 6) is 0.904. The molecule has 0 rings (SSSR count). The van der Waals surface area contributed by atoms with Crippen LogP contribution < -0.4 is 0 Å². The maximum absolute atomic E-state index is 7.56. The van der Waals surface area contributed by atoms with E-state index in [1.165, 1.54) is 32.1 Å². The minimum Gasteiger partial charge on any atom is -0.325 e. The van der Waals surface area contributed by atoms with Gasteiger partial charge < -0.3 is 29.4 Å². The van der Waals surface area contributed by atoms with Gasteiger partial charge in [-0.2, -0.15) is 0 Å². The highest BCUT2D eigenvalue weighted by Gasteiger charge is 1.93. The molecule has 120 valence electrons.